The van der Waals surface area contributed by atoms with Crippen LogP contribution in [0.5, 0.6) is 5.75 Å². The lowest BCUT2D eigenvalue weighted by Gasteiger charge is -2.20. The summed E-state index contributed by atoms with van der Waals surface area (Å²) >= 11 is 6.32. The molecule has 0 bridgehead atoms. The molecule has 3 rings (SSSR count). The molecule has 21 heavy (non-hydrogen) atoms. The number of nitrogens with one attached hydrogen (secondary N) is 1. The Balaban J connectivity index is 2.20. The maximum atomic E-state index is 6.32. The van der Waals surface area contributed by atoms with E-state index in [0.717, 1.165) is 23.5 Å². The van der Waals surface area contributed by atoms with Crippen LogP contribution in [0.4, 0.5) is 5.82 Å². The number of rotatable bonds is 3. The van der Waals surface area contributed by atoms with Crippen LogP contribution in [0.3, 0.4) is 0 Å². The van der Waals surface area contributed by atoms with Gasteiger partial charge in [-0.25, -0.2) is 9.97 Å². The van der Waals surface area contributed by atoms with E-state index in [9.17, 15) is 0 Å². The highest BCUT2D eigenvalue weighted by Gasteiger charge is 2.21. The van der Waals surface area contributed by atoms with Crippen molar-refractivity contribution in [3.05, 3.63) is 34.5 Å². The number of aromatic nitrogens is 2. The second-order valence-corrected chi connectivity index (χ2v) is 5.10. The lowest BCUT2D eigenvalue weighted by molar-refractivity contribution is 0.109. The third kappa shape index (κ3) is 2.54. The van der Waals surface area contributed by atoms with Crippen molar-refractivity contribution in [3.8, 4) is 17.1 Å². The van der Waals surface area contributed by atoms with Crippen molar-refractivity contribution in [2.45, 2.75) is 13.0 Å². The van der Waals surface area contributed by atoms with Crippen LogP contribution in [-0.2, 0) is 17.8 Å². The van der Waals surface area contributed by atoms with Crippen molar-refractivity contribution < 1.29 is 9.47 Å². The molecule has 1 aromatic heterocycles. The molecule has 2 aromatic rings. The SMILES string of the molecule is CNc1nc(-c2c(Cl)cccc2OC)nc2c1COCC2. The van der Waals surface area contributed by atoms with Crippen molar-refractivity contribution in [2.24, 2.45) is 0 Å². The molecule has 0 amide bonds. The lowest BCUT2D eigenvalue weighted by Crippen LogP contribution is -2.16. The molecular formula is C15H16ClN3O2. The number of ether oxygens (including phenoxy) is 2. The number of hydrogen-bond acceptors (Lipinski definition) is 5. The maximum absolute atomic E-state index is 6.32. The predicted molar refractivity (Wildman–Crippen MR) is 81.9 cm³/mol. The van der Waals surface area contributed by atoms with Gasteiger partial charge in [-0.05, 0) is 12.1 Å². The van der Waals surface area contributed by atoms with E-state index >= 15 is 0 Å². The Morgan fingerprint density at radius 1 is 1.33 bits per heavy atom. The Morgan fingerprint density at radius 2 is 2.19 bits per heavy atom. The minimum Gasteiger partial charge on any atom is -0.496 e. The minimum atomic E-state index is 0.533. The largest absolute Gasteiger partial charge is 0.496 e. The first-order valence-corrected chi connectivity index (χ1v) is 7.10. The van der Waals surface area contributed by atoms with Gasteiger partial charge in [-0.1, -0.05) is 17.7 Å². The number of halogens is 1. The predicted octanol–water partition coefficient (Wildman–Crippen LogP) is 2.92. The number of methoxy groups -OCH3 is 1. The fourth-order valence-corrected chi connectivity index (χ4v) is 2.69. The van der Waals surface area contributed by atoms with Gasteiger partial charge in [0.05, 0.1) is 36.6 Å². The molecule has 1 aromatic carbocycles. The lowest BCUT2D eigenvalue weighted by atomic mass is 10.1. The molecule has 0 unspecified atom stereocenters. The first-order chi connectivity index (χ1) is 10.2. The quantitative estimate of drug-likeness (QED) is 0.945. The van der Waals surface area contributed by atoms with Gasteiger partial charge in [0.2, 0.25) is 0 Å². The van der Waals surface area contributed by atoms with E-state index in [1.54, 1.807) is 7.11 Å². The number of anilines is 1. The molecule has 5 nitrogen and oxygen atoms in total. The zero-order valence-electron chi connectivity index (χ0n) is 11.9. The van der Waals surface area contributed by atoms with Gasteiger partial charge in [-0.3, -0.25) is 0 Å². The summed E-state index contributed by atoms with van der Waals surface area (Å²) in [6, 6.07) is 5.51. The summed E-state index contributed by atoms with van der Waals surface area (Å²) in [6.45, 7) is 1.21. The van der Waals surface area contributed by atoms with Gasteiger partial charge in [-0.2, -0.15) is 0 Å². The van der Waals surface area contributed by atoms with Gasteiger partial charge in [0.15, 0.2) is 5.82 Å². The zero-order chi connectivity index (χ0) is 14.8. The number of hydrogen-bond donors (Lipinski definition) is 1. The summed E-state index contributed by atoms with van der Waals surface area (Å²) in [5, 5.41) is 3.68. The number of nitrogens with zero attached hydrogens (tertiary/aromatic N) is 2. The molecule has 2 heterocycles. The molecule has 110 valence electrons. The highest BCUT2D eigenvalue weighted by molar-refractivity contribution is 6.33. The third-order valence-corrected chi connectivity index (χ3v) is 3.79. The van der Waals surface area contributed by atoms with E-state index in [2.05, 4.69) is 15.3 Å². The molecule has 0 radical (unpaired) electrons. The normalized spacial score (nSPS) is 13.7. The second kappa shape index (κ2) is 5.87. The van der Waals surface area contributed by atoms with Gasteiger partial charge in [0.1, 0.15) is 11.6 Å². The summed E-state index contributed by atoms with van der Waals surface area (Å²) in [7, 11) is 3.45. The zero-order valence-corrected chi connectivity index (χ0v) is 12.7. The average Bonchev–Trinajstić information content (AvgIpc) is 2.53. The molecular weight excluding hydrogens is 290 g/mol. The molecule has 0 aliphatic carbocycles. The topological polar surface area (TPSA) is 56.3 Å². The van der Waals surface area contributed by atoms with Crippen LogP contribution in [0, 0.1) is 0 Å². The molecule has 6 heteroatoms. The van der Waals surface area contributed by atoms with E-state index in [0.29, 0.717) is 35.4 Å². The monoisotopic (exact) mass is 305 g/mol. The molecule has 0 atom stereocenters. The van der Waals surface area contributed by atoms with Crippen molar-refractivity contribution in [3.63, 3.8) is 0 Å². The summed E-state index contributed by atoms with van der Waals surface area (Å²) in [6.07, 6.45) is 0.770. The highest BCUT2D eigenvalue weighted by Crippen LogP contribution is 2.36. The van der Waals surface area contributed by atoms with Crippen molar-refractivity contribution in [1.82, 2.24) is 9.97 Å². The Bertz CT molecular complexity index is 659. The summed E-state index contributed by atoms with van der Waals surface area (Å²) in [5.41, 5.74) is 2.73. The van der Waals surface area contributed by atoms with E-state index in [4.69, 9.17) is 21.1 Å². The van der Waals surface area contributed by atoms with Crippen LogP contribution in [0.1, 0.15) is 11.3 Å². The highest BCUT2D eigenvalue weighted by atomic mass is 35.5. The first kappa shape index (κ1) is 14.1. The Morgan fingerprint density at radius 3 is 2.95 bits per heavy atom. The van der Waals surface area contributed by atoms with Crippen molar-refractivity contribution in [2.75, 3.05) is 26.1 Å². The van der Waals surface area contributed by atoms with Gasteiger partial charge in [0, 0.05) is 19.0 Å². The number of fused-ring (bicyclic) bond motifs is 1. The minimum absolute atomic E-state index is 0.533. The first-order valence-electron chi connectivity index (χ1n) is 6.72. The van der Waals surface area contributed by atoms with Crippen molar-refractivity contribution in [1.29, 1.82) is 0 Å². The van der Waals surface area contributed by atoms with Crippen LogP contribution in [0.15, 0.2) is 18.2 Å². The van der Waals surface area contributed by atoms with Crippen LogP contribution >= 0.6 is 11.6 Å². The molecule has 0 saturated heterocycles. The summed E-state index contributed by atoms with van der Waals surface area (Å²) < 4.78 is 10.9. The summed E-state index contributed by atoms with van der Waals surface area (Å²) in [4.78, 5) is 9.24. The maximum Gasteiger partial charge on any atom is 0.167 e. The van der Waals surface area contributed by atoms with Crippen LogP contribution in [-0.4, -0.2) is 30.7 Å². The van der Waals surface area contributed by atoms with E-state index in [1.165, 1.54) is 0 Å². The Labute approximate surface area is 128 Å². The number of benzene rings is 1. The van der Waals surface area contributed by atoms with Crippen molar-refractivity contribution >= 4 is 17.4 Å². The second-order valence-electron chi connectivity index (χ2n) is 4.69. The van der Waals surface area contributed by atoms with E-state index < -0.39 is 0 Å². The Kier molecular flexibility index (Phi) is 3.94. The van der Waals surface area contributed by atoms with E-state index in [1.807, 2.05) is 25.2 Å². The summed E-state index contributed by atoms with van der Waals surface area (Å²) in [5.74, 6) is 2.01. The fourth-order valence-electron chi connectivity index (χ4n) is 2.44. The van der Waals surface area contributed by atoms with Crippen LogP contribution in [0.2, 0.25) is 5.02 Å². The van der Waals surface area contributed by atoms with Crippen LogP contribution in [0.25, 0.3) is 11.4 Å². The van der Waals surface area contributed by atoms with Gasteiger partial charge < -0.3 is 14.8 Å². The van der Waals surface area contributed by atoms with E-state index in [-0.39, 0.29) is 0 Å². The smallest absolute Gasteiger partial charge is 0.167 e. The molecule has 1 aliphatic rings. The Hall–Kier alpha value is -1.85. The fraction of sp³-hybridized carbons (Fsp3) is 0.333. The van der Waals surface area contributed by atoms with Gasteiger partial charge in [-0.15, -0.1) is 0 Å². The van der Waals surface area contributed by atoms with Gasteiger partial charge in [0.25, 0.3) is 0 Å². The molecule has 0 saturated carbocycles. The molecule has 0 fully saturated rings. The average molecular weight is 306 g/mol. The standard InChI is InChI=1S/C15H16ClN3O2/c1-17-14-9-8-21-7-6-11(9)18-15(19-14)13-10(16)4-3-5-12(13)20-2/h3-5H,6-8H2,1-2H3,(H,17,18,19). The molecule has 0 spiro atoms. The molecule has 1 aliphatic heterocycles. The third-order valence-electron chi connectivity index (χ3n) is 3.48. The van der Waals surface area contributed by atoms with Crippen LogP contribution < -0.4 is 10.1 Å². The van der Waals surface area contributed by atoms with Gasteiger partial charge >= 0.3 is 0 Å². The molecule has 1 N–H and O–H groups in total.